The van der Waals surface area contributed by atoms with Gasteiger partial charge in [-0.05, 0) is 57.1 Å². The van der Waals surface area contributed by atoms with Crippen molar-refractivity contribution >= 4 is 33.9 Å². The van der Waals surface area contributed by atoms with Crippen molar-refractivity contribution in [2.75, 3.05) is 6.54 Å². The molecule has 0 bridgehead atoms. The number of carbonyl (C=O) groups excluding carboxylic acids is 2. The van der Waals surface area contributed by atoms with Crippen molar-refractivity contribution in [3.63, 3.8) is 0 Å². The minimum Gasteiger partial charge on any atom is -0.449 e. The summed E-state index contributed by atoms with van der Waals surface area (Å²) in [5.74, 6) is -0.728. The Kier molecular flexibility index (Phi) is 7.06. The molecule has 2 aliphatic carbocycles. The van der Waals surface area contributed by atoms with Crippen LogP contribution in [0.5, 0.6) is 0 Å². The monoisotopic (exact) mass is 492 g/mol. The van der Waals surface area contributed by atoms with E-state index < -0.39 is 23.7 Å². The predicted octanol–water partition coefficient (Wildman–Crippen LogP) is 2.97. The Balaban J connectivity index is 1.44. The lowest BCUT2D eigenvalue weighted by Gasteiger charge is -2.15. The van der Waals surface area contributed by atoms with Crippen LogP contribution in [0.25, 0.3) is 22.1 Å². The molecule has 9 heteroatoms. The van der Waals surface area contributed by atoms with E-state index in [1.807, 2.05) is 0 Å². The SMILES string of the molecule is O=C(Cn1c(=O)n(CC(=O)NC2CCCC2)c(=O)c2oc3ccccc3c21)NCCC1=CCCCC1. The number of hydrogen-bond acceptors (Lipinski definition) is 5. The molecule has 2 aromatic heterocycles. The van der Waals surface area contributed by atoms with Gasteiger partial charge in [0.2, 0.25) is 17.4 Å². The number of rotatable bonds is 8. The van der Waals surface area contributed by atoms with Gasteiger partial charge in [-0.3, -0.25) is 19.0 Å². The van der Waals surface area contributed by atoms with Gasteiger partial charge >= 0.3 is 5.69 Å². The molecular formula is C27H32N4O5. The Hall–Kier alpha value is -3.62. The van der Waals surface area contributed by atoms with Gasteiger partial charge in [0.1, 0.15) is 24.2 Å². The summed E-state index contributed by atoms with van der Waals surface area (Å²) in [6, 6.07) is 7.08. The maximum Gasteiger partial charge on any atom is 0.332 e. The zero-order valence-corrected chi connectivity index (χ0v) is 20.4. The van der Waals surface area contributed by atoms with Crippen LogP contribution in [-0.2, 0) is 22.7 Å². The Bertz CT molecular complexity index is 1440. The number of nitrogens with zero attached hydrogens (tertiary/aromatic N) is 2. The fourth-order valence-corrected chi connectivity index (χ4v) is 5.36. The molecule has 1 fully saturated rings. The molecule has 2 aliphatic rings. The molecule has 0 atom stereocenters. The molecule has 0 radical (unpaired) electrons. The fraction of sp³-hybridized carbons (Fsp3) is 0.481. The van der Waals surface area contributed by atoms with Crippen molar-refractivity contribution in [1.82, 2.24) is 19.8 Å². The average Bonchev–Trinajstić information content (AvgIpc) is 3.53. The smallest absolute Gasteiger partial charge is 0.332 e. The lowest BCUT2D eigenvalue weighted by molar-refractivity contribution is -0.122. The zero-order chi connectivity index (χ0) is 25.1. The molecule has 3 aromatic rings. The molecule has 0 spiro atoms. The van der Waals surface area contributed by atoms with Gasteiger partial charge in [-0.15, -0.1) is 0 Å². The van der Waals surface area contributed by atoms with Crippen LogP contribution < -0.4 is 21.9 Å². The summed E-state index contributed by atoms with van der Waals surface area (Å²) >= 11 is 0. The maximum atomic E-state index is 13.5. The van der Waals surface area contributed by atoms with Crippen molar-refractivity contribution in [2.24, 2.45) is 0 Å². The average molecular weight is 493 g/mol. The molecule has 0 saturated heterocycles. The Morgan fingerprint density at radius 2 is 1.75 bits per heavy atom. The molecular weight excluding hydrogens is 460 g/mol. The first-order valence-corrected chi connectivity index (χ1v) is 12.9. The van der Waals surface area contributed by atoms with Gasteiger partial charge in [0, 0.05) is 18.0 Å². The van der Waals surface area contributed by atoms with E-state index >= 15 is 0 Å². The number of benzene rings is 1. The summed E-state index contributed by atoms with van der Waals surface area (Å²) in [6.45, 7) is -0.211. The van der Waals surface area contributed by atoms with Crippen molar-refractivity contribution in [1.29, 1.82) is 0 Å². The molecule has 36 heavy (non-hydrogen) atoms. The second-order valence-corrected chi connectivity index (χ2v) is 9.79. The van der Waals surface area contributed by atoms with Crippen LogP contribution in [0, 0.1) is 0 Å². The standard InChI is InChI=1S/C27H32N4O5/c32-22(28-15-14-18-8-2-1-3-9-18)16-30-24-20-12-6-7-13-21(20)36-25(24)26(34)31(27(30)35)17-23(33)29-19-10-4-5-11-19/h6-8,12-13,19H,1-5,9-11,14-17H2,(H,28,32)(H,29,33). The van der Waals surface area contributed by atoms with Gasteiger partial charge in [0.25, 0.3) is 5.56 Å². The number of allylic oxidation sites excluding steroid dienone is 1. The number of amides is 2. The molecule has 2 N–H and O–H groups in total. The largest absolute Gasteiger partial charge is 0.449 e. The van der Waals surface area contributed by atoms with Crippen molar-refractivity contribution in [3.05, 3.63) is 56.8 Å². The van der Waals surface area contributed by atoms with E-state index in [0.29, 0.717) is 17.5 Å². The highest BCUT2D eigenvalue weighted by Crippen LogP contribution is 2.25. The van der Waals surface area contributed by atoms with Gasteiger partial charge in [0.05, 0.1) is 0 Å². The van der Waals surface area contributed by atoms with Gasteiger partial charge in [-0.1, -0.05) is 36.6 Å². The van der Waals surface area contributed by atoms with Crippen LogP contribution in [0.3, 0.4) is 0 Å². The molecule has 0 unspecified atom stereocenters. The van der Waals surface area contributed by atoms with Gasteiger partial charge < -0.3 is 15.1 Å². The molecule has 0 aliphatic heterocycles. The normalized spacial score (nSPS) is 16.4. The van der Waals surface area contributed by atoms with E-state index in [4.69, 9.17) is 4.42 Å². The number of hydrogen-bond donors (Lipinski definition) is 2. The van der Waals surface area contributed by atoms with Gasteiger partial charge in [-0.25, -0.2) is 9.36 Å². The number of carbonyl (C=O) groups is 2. The summed E-state index contributed by atoms with van der Waals surface area (Å²) < 4.78 is 7.93. The van der Waals surface area contributed by atoms with E-state index in [1.165, 1.54) is 23.0 Å². The van der Waals surface area contributed by atoms with E-state index in [0.717, 1.165) is 49.5 Å². The molecule has 9 nitrogen and oxygen atoms in total. The summed E-state index contributed by atoms with van der Waals surface area (Å²) in [7, 11) is 0. The number of nitrogens with one attached hydrogen (secondary N) is 2. The Labute approximate surface area is 208 Å². The van der Waals surface area contributed by atoms with Crippen molar-refractivity contribution in [3.8, 4) is 0 Å². The zero-order valence-electron chi connectivity index (χ0n) is 20.4. The number of fused-ring (bicyclic) bond motifs is 3. The molecule has 1 aromatic carbocycles. The van der Waals surface area contributed by atoms with E-state index in [1.54, 1.807) is 24.3 Å². The fourth-order valence-electron chi connectivity index (χ4n) is 5.36. The predicted molar refractivity (Wildman–Crippen MR) is 137 cm³/mol. The minimum absolute atomic E-state index is 0.0374. The van der Waals surface area contributed by atoms with Crippen LogP contribution in [0.15, 0.2) is 49.9 Å². The van der Waals surface area contributed by atoms with Crippen molar-refractivity contribution in [2.45, 2.75) is 76.9 Å². The highest BCUT2D eigenvalue weighted by atomic mass is 16.3. The first-order chi connectivity index (χ1) is 17.5. The highest BCUT2D eigenvalue weighted by Gasteiger charge is 2.24. The number of para-hydroxylation sites is 1. The third-order valence-electron chi connectivity index (χ3n) is 7.22. The summed E-state index contributed by atoms with van der Waals surface area (Å²) in [5.41, 5.74) is 0.654. The van der Waals surface area contributed by atoms with E-state index in [-0.39, 0.29) is 29.6 Å². The third kappa shape index (κ3) is 5.01. The quantitative estimate of drug-likeness (QED) is 0.469. The van der Waals surface area contributed by atoms with E-state index in [2.05, 4.69) is 16.7 Å². The topological polar surface area (TPSA) is 115 Å². The van der Waals surface area contributed by atoms with Crippen molar-refractivity contribution < 1.29 is 14.0 Å². The molecule has 5 rings (SSSR count). The number of aromatic nitrogens is 2. The first kappa shape index (κ1) is 24.1. The van der Waals surface area contributed by atoms with Crippen LogP contribution in [0.1, 0.15) is 57.8 Å². The summed E-state index contributed by atoms with van der Waals surface area (Å²) in [5, 5.41) is 6.38. The summed E-state index contributed by atoms with van der Waals surface area (Å²) in [4.78, 5) is 52.3. The second kappa shape index (κ2) is 10.6. The molecule has 2 amide bonds. The third-order valence-corrected chi connectivity index (χ3v) is 7.22. The highest BCUT2D eigenvalue weighted by molar-refractivity contribution is 6.02. The van der Waals surface area contributed by atoms with Gasteiger partial charge in [-0.2, -0.15) is 0 Å². The minimum atomic E-state index is -0.703. The Morgan fingerprint density at radius 1 is 0.972 bits per heavy atom. The van der Waals surface area contributed by atoms with Crippen LogP contribution in [-0.4, -0.2) is 33.5 Å². The lowest BCUT2D eigenvalue weighted by Crippen LogP contribution is -2.46. The molecule has 1 saturated carbocycles. The van der Waals surface area contributed by atoms with E-state index in [9.17, 15) is 19.2 Å². The lowest BCUT2D eigenvalue weighted by atomic mass is 9.97. The van der Waals surface area contributed by atoms with Crippen LogP contribution in [0.4, 0.5) is 0 Å². The summed E-state index contributed by atoms with van der Waals surface area (Å²) in [6.07, 6.45) is 11.4. The second-order valence-electron chi connectivity index (χ2n) is 9.79. The first-order valence-electron chi connectivity index (χ1n) is 12.9. The molecule has 190 valence electrons. The Morgan fingerprint density at radius 3 is 2.53 bits per heavy atom. The maximum absolute atomic E-state index is 13.5. The molecule has 2 heterocycles. The van der Waals surface area contributed by atoms with Crippen LogP contribution in [0.2, 0.25) is 0 Å². The van der Waals surface area contributed by atoms with Crippen LogP contribution >= 0.6 is 0 Å². The van der Waals surface area contributed by atoms with Gasteiger partial charge in [0.15, 0.2) is 0 Å². The number of furan rings is 1.